The fraction of sp³-hybridized carbons (Fsp3) is 1.00. The summed E-state index contributed by atoms with van der Waals surface area (Å²) in [6, 6.07) is 0. The van der Waals surface area contributed by atoms with Crippen LogP contribution in [0.15, 0.2) is 0 Å². The van der Waals surface area contributed by atoms with Gasteiger partial charge in [-0.1, -0.05) is 136 Å². The van der Waals surface area contributed by atoms with Crippen molar-refractivity contribution >= 4 is 0 Å². The topological polar surface area (TPSA) is 18.5 Å². The standard InChI is InChI=1S/C15H32O.C14H30O/c1-3-5-6-7-8-9-10-11-12-13-15-16-14-4-2;1-3-5-6-7-8-9-10-11-12-13-14-15-4-2/h3-15H2,1-2H3;3-14H2,1-2H3. The number of ether oxygens (including phenoxy) is 2. The van der Waals surface area contributed by atoms with Gasteiger partial charge in [0.2, 0.25) is 0 Å². The second kappa shape index (κ2) is 34.5. The van der Waals surface area contributed by atoms with Gasteiger partial charge < -0.3 is 9.47 Å². The highest BCUT2D eigenvalue weighted by Crippen LogP contribution is 2.11. The van der Waals surface area contributed by atoms with Gasteiger partial charge in [-0.2, -0.15) is 0 Å². The van der Waals surface area contributed by atoms with Crippen LogP contribution < -0.4 is 0 Å². The second-order valence-corrected chi connectivity index (χ2v) is 9.17. The molecule has 0 saturated carbocycles. The minimum absolute atomic E-state index is 0.872. The van der Waals surface area contributed by atoms with E-state index >= 15 is 0 Å². The van der Waals surface area contributed by atoms with Crippen molar-refractivity contribution in [2.45, 2.75) is 163 Å². The normalized spacial score (nSPS) is 10.8. The first-order valence-corrected chi connectivity index (χ1v) is 14.5. The Morgan fingerprint density at radius 3 is 0.935 bits per heavy atom. The van der Waals surface area contributed by atoms with Gasteiger partial charge in [-0.15, -0.1) is 0 Å². The molecule has 0 amide bonds. The lowest BCUT2D eigenvalue weighted by molar-refractivity contribution is 0.130. The van der Waals surface area contributed by atoms with Gasteiger partial charge in [0.15, 0.2) is 0 Å². The zero-order valence-corrected chi connectivity index (χ0v) is 22.5. The molecule has 0 aliphatic rings. The summed E-state index contributed by atoms with van der Waals surface area (Å²) in [6.07, 6.45) is 29.2. The van der Waals surface area contributed by atoms with Crippen molar-refractivity contribution in [1.82, 2.24) is 0 Å². The van der Waals surface area contributed by atoms with Gasteiger partial charge in [0.25, 0.3) is 0 Å². The predicted octanol–water partition coefficient (Wildman–Crippen LogP) is 10.3. The smallest absolute Gasteiger partial charge is 0.0466 e. The van der Waals surface area contributed by atoms with Gasteiger partial charge in [-0.3, -0.25) is 0 Å². The maximum Gasteiger partial charge on any atom is 0.0466 e. The average molecular weight is 443 g/mol. The average Bonchev–Trinajstić information content (AvgIpc) is 2.79. The minimum Gasteiger partial charge on any atom is -0.382 e. The van der Waals surface area contributed by atoms with Crippen LogP contribution >= 0.6 is 0 Å². The van der Waals surface area contributed by atoms with Gasteiger partial charge in [-0.05, 0) is 26.2 Å². The maximum atomic E-state index is 5.45. The summed E-state index contributed by atoms with van der Waals surface area (Å²) in [6.45, 7) is 12.5. The molecule has 0 aromatic heterocycles. The summed E-state index contributed by atoms with van der Waals surface area (Å²) in [5.41, 5.74) is 0. The van der Waals surface area contributed by atoms with Crippen LogP contribution in [0, 0.1) is 0 Å². The Morgan fingerprint density at radius 2 is 0.613 bits per heavy atom. The van der Waals surface area contributed by atoms with E-state index in [0.29, 0.717) is 0 Å². The van der Waals surface area contributed by atoms with Crippen LogP contribution in [-0.4, -0.2) is 26.4 Å². The lowest BCUT2D eigenvalue weighted by Crippen LogP contribution is -1.95. The molecule has 2 heteroatoms. The molecule has 190 valence electrons. The van der Waals surface area contributed by atoms with E-state index in [-0.39, 0.29) is 0 Å². The second-order valence-electron chi connectivity index (χ2n) is 9.17. The first kappa shape index (κ1) is 33.1. The quantitative estimate of drug-likeness (QED) is 0.131. The summed E-state index contributed by atoms with van der Waals surface area (Å²) in [5, 5.41) is 0. The molecule has 31 heavy (non-hydrogen) atoms. The highest BCUT2D eigenvalue weighted by atomic mass is 16.5. The van der Waals surface area contributed by atoms with Gasteiger partial charge in [-0.25, -0.2) is 0 Å². The monoisotopic (exact) mass is 442 g/mol. The molecule has 0 N–H and O–H groups in total. The molecule has 0 aliphatic carbocycles. The Morgan fingerprint density at radius 1 is 0.290 bits per heavy atom. The minimum atomic E-state index is 0.872. The van der Waals surface area contributed by atoms with Gasteiger partial charge in [0.1, 0.15) is 0 Å². The first-order chi connectivity index (χ1) is 15.3. The lowest BCUT2D eigenvalue weighted by atomic mass is 10.1. The van der Waals surface area contributed by atoms with E-state index in [1.807, 2.05) is 0 Å². The zero-order valence-electron chi connectivity index (χ0n) is 22.5. The summed E-state index contributed by atoms with van der Waals surface area (Å²) in [5.74, 6) is 0. The van der Waals surface area contributed by atoms with Crippen LogP contribution in [-0.2, 0) is 9.47 Å². The maximum absolute atomic E-state index is 5.45. The van der Waals surface area contributed by atoms with E-state index in [2.05, 4.69) is 27.7 Å². The third kappa shape index (κ3) is 37.6. The van der Waals surface area contributed by atoms with Crippen molar-refractivity contribution in [1.29, 1.82) is 0 Å². The van der Waals surface area contributed by atoms with Gasteiger partial charge >= 0.3 is 0 Å². The third-order valence-electron chi connectivity index (χ3n) is 5.84. The van der Waals surface area contributed by atoms with Crippen LogP contribution in [0.1, 0.15) is 163 Å². The van der Waals surface area contributed by atoms with E-state index in [9.17, 15) is 0 Å². The van der Waals surface area contributed by atoms with Crippen LogP contribution in [0.2, 0.25) is 0 Å². The van der Waals surface area contributed by atoms with Gasteiger partial charge in [0.05, 0.1) is 0 Å². The van der Waals surface area contributed by atoms with E-state index in [4.69, 9.17) is 9.47 Å². The van der Waals surface area contributed by atoms with Crippen LogP contribution in [0.25, 0.3) is 0 Å². The van der Waals surface area contributed by atoms with Crippen molar-refractivity contribution in [3.63, 3.8) is 0 Å². The molecule has 0 radical (unpaired) electrons. The molecule has 0 aliphatic heterocycles. The van der Waals surface area contributed by atoms with Crippen molar-refractivity contribution < 1.29 is 9.47 Å². The highest BCUT2D eigenvalue weighted by molar-refractivity contribution is 4.48. The molecule has 0 unspecified atom stereocenters. The molecular weight excluding hydrogens is 380 g/mol. The molecule has 2 nitrogen and oxygen atoms in total. The molecule has 0 bridgehead atoms. The third-order valence-corrected chi connectivity index (χ3v) is 5.84. The van der Waals surface area contributed by atoms with Crippen LogP contribution in [0.3, 0.4) is 0 Å². The van der Waals surface area contributed by atoms with Crippen LogP contribution in [0.5, 0.6) is 0 Å². The summed E-state index contributed by atoms with van der Waals surface area (Å²) in [4.78, 5) is 0. The summed E-state index contributed by atoms with van der Waals surface area (Å²) in [7, 11) is 0. The fourth-order valence-electron chi connectivity index (χ4n) is 3.77. The molecule has 0 spiro atoms. The SMILES string of the molecule is CCCCCCCCCCCCOCC.CCCCCCCCCCCCOCCC. The van der Waals surface area contributed by atoms with Gasteiger partial charge in [0, 0.05) is 26.4 Å². The first-order valence-electron chi connectivity index (χ1n) is 14.5. The Bertz CT molecular complexity index is 241. The Kier molecular flexibility index (Phi) is 36.9. The van der Waals surface area contributed by atoms with E-state index in [0.717, 1.165) is 32.8 Å². The van der Waals surface area contributed by atoms with E-state index < -0.39 is 0 Å². The Labute approximate surface area is 198 Å². The molecule has 0 aromatic rings. The molecular formula is C29H62O2. The molecule has 0 atom stereocenters. The number of unbranched alkanes of at least 4 members (excludes halogenated alkanes) is 18. The Balaban J connectivity index is 0. The summed E-state index contributed by atoms with van der Waals surface area (Å²) < 4.78 is 10.8. The number of hydrogen-bond donors (Lipinski definition) is 0. The zero-order chi connectivity index (χ0) is 23.1. The van der Waals surface area contributed by atoms with E-state index in [1.54, 1.807) is 0 Å². The van der Waals surface area contributed by atoms with Crippen molar-refractivity contribution in [2.75, 3.05) is 26.4 Å². The molecule has 0 saturated heterocycles. The van der Waals surface area contributed by atoms with Crippen LogP contribution in [0.4, 0.5) is 0 Å². The molecule has 0 rings (SSSR count). The Hall–Kier alpha value is -0.0800. The number of rotatable bonds is 25. The molecule has 0 aromatic carbocycles. The fourth-order valence-corrected chi connectivity index (χ4v) is 3.77. The molecule has 0 fully saturated rings. The molecule has 0 heterocycles. The lowest BCUT2D eigenvalue weighted by Gasteiger charge is -2.03. The predicted molar refractivity (Wildman–Crippen MR) is 141 cm³/mol. The highest BCUT2D eigenvalue weighted by Gasteiger charge is 1.93. The van der Waals surface area contributed by atoms with E-state index in [1.165, 1.54) is 128 Å². The number of hydrogen-bond acceptors (Lipinski definition) is 2. The van der Waals surface area contributed by atoms with Crippen molar-refractivity contribution in [2.24, 2.45) is 0 Å². The summed E-state index contributed by atoms with van der Waals surface area (Å²) >= 11 is 0. The van der Waals surface area contributed by atoms with Crippen molar-refractivity contribution in [3.8, 4) is 0 Å². The van der Waals surface area contributed by atoms with Crippen molar-refractivity contribution in [3.05, 3.63) is 0 Å². The largest absolute Gasteiger partial charge is 0.382 e.